The molecule has 8 aromatic carbocycles. The molecule has 0 saturated carbocycles. The Kier molecular flexibility index (Phi) is 52.4. The summed E-state index contributed by atoms with van der Waals surface area (Å²) in [4.78, 5) is 0. The Morgan fingerprint density at radius 3 is 0.333 bits per heavy atom. The zero-order valence-electron chi connectivity index (χ0n) is 37.9. The molecule has 0 spiro atoms. The average molecular weight is 1300 g/mol. The van der Waals surface area contributed by atoms with E-state index in [2.05, 4.69) is 269 Å². The molecule has 0 aromatic heterocycles. The van der Waals surface area contributed by atoms with E-state index in [0.29, 0.717) is 0 Å². The summed E-state index contributed by atoms with van der Waals surface area (Å²) in [5, 5.41) is 11.5. The van der Waals surface area contributed by atoms with Crippen molar-refractivity contribution in [1.82, 2.24) is 0 Å². The van der Waals surface area contributed by atoms with Gasteiger partial charge >= 0.3 is 0 Å². The topological polar surface area (TPSA) is 0 Å². The van der Waals surface area contributed by atoms with E-state index in [1.54, 1.807) is 0 Å². The van der Waals surface area contributed by atoms with Gasteiger partial charge in [0.1, 0.15) is 0 Å². The summed E-state index contributed by atoms with van der Waals surface area (Å²) < 4.78 is 0. The molecular formula is C52H61Cl8P4Ru2-. The Morgan fingerprint density at radius 1 is 0.182 bits per heavy atom. The van der Waals surface area contributed by atoms with Crippen molar-refractivity contribution in [1.29, 1.82) is 0 Å². The summed E-state index contributed by atoms with van der Waals surface area (Å²) in [6.45, 7) is 9.22. The van der Waals surface area contributed by atoms with Crippen LogP contribution in [0.15, 0.2) is 243 Å². The molecule has 0 saturated heterocycles. The van der Waals surface area contributed by atoms with Crippen molar-refractivity contribution in [3.05, 3.63) is 243 Å². The number of rotatable bonds is 8. The van der Waals surface area contributed by atoms with E-state index in [1.807, 2.05) is 0 Å². The fourth-order valence-corrected chi connectivity index (χ4v) is 12.0. The summed E-state index contributed by atoms with van der Waals surface area (Å²) in [7, 11) is -0.683. The smallest absolute Gasteiger partial charge is 0 e. The van der Waals surface area contributed by atoms with Crippen LogP contribution in [0.2, 0.25) is 0 Å². The molecule has 14 heteroatoms. The second-order valence-electron chi connectivity index (χ2n) is 12.9. The summed E-state index contributed by atoms with van der Waals surface area (Å²) in [6, 6.07) is 85.6. The van der Waals surface area contributed by atoms with Crippen molar-refractivity contribution < 1.29 is 40.4 Å². The van der Waals surface area contributed by atoms with Gasteiger partial charge in [-0.15, -0.1) is 99.3 Å². The van der Waals surface area contributed by atoms with Gasteiger partial charge < -0.3 is 1.43 Å². The molecule has 0 N–H and O–H groups in total. The maximum atomic E-state index is 2.31. The standard InChI is InChI=1S/4C13H13P.8ClH.2Ru.H/c4*1-14(12-8-4-2-5-9-12)13-10-6-3-7-11-13;;;;;;;;;;;/h4*2-11H,1H3;8*1H;;;/q;;;;;;;;;;;;;;-1. The molecule has 0 fully saturated rings. The predicted molar refractivity (Wildman–Crippen MR) is 319 cm³/mol. The van der Waals surface area contributed by atoms with Crippen molar-refractivity contribution in [2.24, 2.45) is 0 Å². The van der Waals surface area contributed by atoms with Crippen molar-refractivity contribution in [2.75, 3.05) is 26.7 Å². The van der Waals surface area contributed by atoms with Gasteiger partial charge in [-0.3, -0.25) is 0 Å². The molecule has 0 aliphatic rings. The third-order valence-electron chi connectivity index (χ3n) is 9.15. The van der Waals surface area contributed by atoms with Crippen LogP contribution in [0.25, 0.3) is 0 Å². The van der Waals surface area contributed by atoms with Crippen molar-refractivity contribution >= 4 is 173 Å². The van der Waals surface area contributed by atoms with Crippen LogP contribution in [0.3, 0.4) is 0 Å². The predicted octanol–water partition coefficient (Wildman–Crippen LogP) is 14.5. The van der Waals surface area contributed by atoms with E-state index in [1.165, 1.54) is 42.4 Å². The van der Waals surface area contributed by atoms with Crippen molar-refractivity contribution in [3.8, 4) is 0 Å². The van der Waals surface area contributed by atoms with Crippen LogP contribution >= 0.6 is 131 Å². The molecule has 362 valence electrons. The minimum atomic E-state index is -0.171. The summed E-state index contributed by atoms with van der Waals surface area (Å²) >= 11 is 0. The Balaban J connectivity index is -0.000000136. The Morgan fingerprint density at radius 2 is 0.258 bits per heavy atom. The Labute approximate surface area is 478 Å². The van der Waals surface area contributed by atoms with Crippen molar-refractivity contribution in [3.63, 3.8) is 0 Å². The van der Waals surface area contributed by atoms with Crippen LogP contribution < -0.4 is 42.4 Å². The number of benzene rings is 8. The van der Waals surface area contributed by atoms with Gasteiger partial charge in [-0.25, -0.2) is 0 Å². The van der Waals surface area contributed by atoms with Crippen LogP contribution in [0.5, 0.6) is 0 Å². The number of hydrogen-bond donors (Lipinski definition) is 0. The van der Waals surface area contributed by atoms with E-state index < -0.39 is 0 Å². The third-order valence-corrected chi connectivity index (χ3v) is 17.7. The SMILES string of the molecule is CP(c1ccccc1)c1ccccc1.CP(c1ccccc1)c1ccccc1.CP(c1ccccc1)c1ccccc1.CP(c1ccccc1)c1ccccc1.Cl.Cl.Cl.Cl.Cl.Cl.Cl.Cl.[H-].[Ru].[Ru]. The summed E-state index contributed by atoms with van der Waals surface area (Å²) in [5.41, 5.74) is 0. The van der Waals surface area contributed by atoms with Gasteiger partial charge in [-0.2, -0.15) is 0 Å². The summed E-state index contributed by atoms with van der Waals surface area (Å²) in [5.74, 6) is 0. The molecule has 0 bridgehead atoms. The van der Waals surface area contributed by atoms with E-state index in [-0.39, 0.29) is 171 Å². The maximum Gasteiger partial charge on any atom is 0 e. The molecule has 0 radical (unpaired) electrons. The Bertz CT molecular complexity index is 1740. The van der Waals surface area contributed by atoms with Gasteiger partial charge in [0.05, 0.1) is 0 Å². The monoisotopic (exact) mass is 1290 g/mol. The average Bonchev–Trinajstić information content (AvgIpc) is 3.31. The summed E-state index contributed by atoms with van der Waals surface area (Å²) in [6.07, 6.45) is 0. The minimum absolute atomic E-state index is 0. The fourth-order valence-electron chi connectivity index (χ4n) is 5.81. The Hall–Kier alpha value is -0.953. The molecule has 8 aromatic rings. The maximum absolute atomic E-state index is 2.31. The zero-order chi connectivity index (χ0) is 39.2. The van der Waals surface area contributed by atoms with Gasteiger partial charge in [0.25, 0.3) is 0 Å². The molecule has 0 heterocycles. The van der Waals surface area contributed by atoms with Crippen molar-refractivity contribution in [2.45, 2.75) is 0 Å². The molecule has 0 unspecified atom stereocenters. The number of halogens is 8. The molecule has 0 aliphatic carbocycles. The van der Waals surface area contributed by atoms with Crippen LogP contribution in [0.4, 0.5) is 0 Å². The molecule has 66 heavy (non-hydrogen) atoms. The minimum Gasteiger partial charge on any atom is -1.00 e. The molecule has 0 atom stereocenters. The van der Waals surface area contributed by atoms with Crippen LogP contribution in [0, 0.1) is 0 Å². The second kappa shape index (κ2) is 45.2. The largest absolute Gasteiger partial charge is 1.00 e. The molecular weight excluding hydrogens is 1230 g/mol. The van der Waals surface area contributed by atoms with Gasteiger partial charge in [0, 0.05) is 39.0 Å². The molecule has 0 amide bonds. The van der Waals surface area contributed by atoms with Gasteiger partial charge in [0.15, 0.2) is 0 Å². The van der Waals surface area contributed by atoms with Gasteiger partial charge in [-0.1, -0.05) is 243 Å². The normalized spacial score (nSPS) is 8.85. The van der Waals surface area contributed by atoms with E-state index in [4.69, 9.17) is 0 Å². The van der Waals surface area contributed by atoms with Gasteiger partial charge in [0.2, 0.25) is 0 Å². The van der Waals surface area contributed by atoms with Gasteiger partial charge in [-0.05, 0) is 101 Å². The zero-order valence-corrected chi connectivity index (χ0v) is 50.4. The fraction of sp³-hybridized carbons (Fsp3) is 0.0769. The van der Waals surface area contributed by atoms with E-state index in [9.17, 15) is 0 Å². The van der Waals surface area contributed by atoms with Crippen LogP contribution in [-0.4, -0.2) is 26.7 Å². The first-order chi connectivity index (χ1) is 27.5. The first-order valence-corrected chi connectivity index (χ1v) is 26.0. The van der Waals surface area contributed by atoms with Crippen LogP contribution in [0.1, 0.15) is 1.43 Å². The third kappa shape index (κ3) is 26.9. The van der Waals surface area contributed by atoms with E-state index in [0.717, 1.165) is 0 Å². The first-order valence-electron chi connectivity index (χ1n) is 18.9. The second-order valence-corrected chi connectivity index (χ2v) is 21.5. The quantitative estimate of drug-likeness (QED) is 0.105. The van der Waals surface area contributed by atoms with Crippen LogP contribution in [-0.2, 0) is 39.0 Å². The molecule has 8 rings (SSSR count). The number of hydrogen-bond acceptors (Lipinski definition) is 0. The van der Waals surface area contributed by atoms with E-state index >= 15 is 0 Å². The molecule has 0 nitrogen and oxygen atoms in total. The first kappa shape index (κ1) is 76.5. The molecule has 0 aliphatic heterocycles.